The number of ether oxygens (including phenoxy) is 1. The summed E-state index contributed by atoms with van der Waals surface area (Å²) in [6.07, 6.45) is 4.19. The lowest BCUT2D eigenvalue weighted by Gasteiger charge is -2.28. The predicted octanol–water partition coefficient (Wildman–Crippen LogP) is 5.35. The van der Waals surface area contributed by atoms with Crippen molar-refractivity contribution in [2.75, 3.05) is 14.2 Å². The standard InChI is InChI=1S/C29H32N6O3/c1-6-18(3)35(4)26(14-17(2)30)34-28(37)20-9-11-23-24(16-20)33-27(32-23)22-15-19(10-12-25(22)36)21-8-7-13-31-29(21)38-5/h7-16,18,30,36H,6H2,1-5H3,(H,32,33)(H,34,37)/b26-14-,30-17?. The van der Waals surface area contributed by atoms with Crippen LogP contribution in [0, 0.1) is 5.41 Å². The molecule has 2 aromatic heterocycles. The third-order valence-electron chi connectivity index (χ3n) is 6.50. The van der Waals surface area contributed by atoms with Gasteiger partial charge in [0.2, 0.25) is 5.88 Å². The van der Waals surface area contributed by atoms with Crippen molar-refractivity contribution in [3.8, 4) is 34.1 Å². The smallest absolute Gasteiger partial charge is 0.256 e. The van der Waals surface area contributed by atoms with Gasteiger partial charge >= 0.3 is 0 Å². The number of hydrogen-bond acceptors (Lipinski definition) is 7. The van der Waals surface area contributed by atoms with Crippen LogP contribution in [0.15, 0.2) is 66.6 Å². The maximum absolute atomic E-state index is 13.1. The summed E-state index contributed by atoms with van der Waals surface area (Å²) in [7, 11) is 3.46. The average Bonchev–Trinajstić information content (AvgIpc) is 3.35. The van der Waals surface area contributed by atoms with Crippen LogP contribution >= 0.6 is 0 Å². The highest BCUT2D eigenvalue weighted by atomic mass is 16.5. The van der Waals surface area contributed by atoms with Gasteiger partial charge in [0.15, 0.2) is 0 Å². The van der Waals surface area contributed by atoms with Gasteiger partial charge in [-0.1, -0.05) is 13.0 Å². The molecule has 4 aromatic rings. The summed E-state index contributed by atoms with van der Waals surface area (Å²) >= 11 is 0. The second-order valence-electron chi connectivity index (χ2n) is 9.14. The average molecular weight is 513 g/mol. The monoisotopic (exact) mass is 512 g/mol. The Hall–Kier alpha value is -4.66. The van der Waals surface area contributed by atoms with E-state index < -0.39 is 0 Å². The van der Waals surface area contributed by atoms with Gasteiger partial charge in [0, 0.05) is 36.1 Å². The van der Waals surface area contributed by atoms with E-state index in [9.17, 15) is 9.90 Å². The number of aromatic amines is 1. The van der Waals surface area contributed by atoms with Crippen molar-refractivity contribution in [1.82, 2.24) is 25.2 Å². The molecule has 1 atom stereocenters. The molecule has 0 aliphatic rings. The SMILES string of the molecule is CCC(C)N(C)/C(=C\C(C)=N)NC(=O)c1ccc2[nH]c(-c3cc(-c4cccnc4OC)ccc3O)nc2c1. The highest BCUT2D eigenvalue weighted by molar-refractivity contribution is 5.99. The fraction of sp³-hybridized carbons (Fsp3) is 0.241. The summed E-state index contributed by atoms with van der Waals surface area (Å²) in [4.78, 5) is 27.3. The highest BCUT2D eigenvalue weighted by Gasteiger charge is 2.18. The van der Waals surface area contributed by atoms with Crippen molar-refractivity contribution in [3.63, 3.8) is 0 Å². The van der Waals surface area contributed by atoms with Gasteiger partial charge in [-0.25, -0.2) is 9.97 Å². The van der Waals surface area contributed by atoms with E-state index in [1.54, 1.807) is 56.6 Å². The molecule has 38 heavy (non-hydrogen) atoms. The molecule has 9 nitrogen and oxygen atoms in total. The summed E-state index contributed by atoms with van der Waals surface area (Å²) in [5, 5.41) is 21.4. The first-order chi connectivity index (χ1) is 18.2. The topological polar surface area (TPSA) is 127 Å². The molecule has 0 saturated heterocycles. The molecule has 1 amide bonds. The molecule has 196 valence electrons. The Labute approximate surface area is 221 Å². The van der Waals surface area contributed by atoms with Crippen LogP contribution in [0.2, 0.25) is 0 Å². The van der Waals surface area contributed by atoms with Crippen LogP contribution in [0.1, 0.15) is 37.6 Å². The number of nitrogens with one attached hydrogen (secondary N) is 3. The minimum atomic E-state index is -0.298. The van der Waals surface area contributed by atoms with Crippen molar-refractivity contribution >= 4 is 22.7 Å². The fourth-order valence-electron chi connectivity index (χ4n) is 4.07. The van der Waals surface area contributed by atoms with Crippen LogP contribution in [0.5, 0.6) is 11.6 Å². The molecule has 4 rings (SSSR count). The first kappa shape index (κ1) is 26.4. The number of amides is 1. The van der Waals surface area contributed by atoms with E-state index in [1.165, 1.54) is 0 Å². The van der Waals surface area contributed by atoms with Gasteiger partial charge in [-0.2, -0.15) is 0 Å². The maximum atomic E-state index is 13.1. The number of hydrogen-bond donors (Lipinski definition) is 4. The summed E-state index contributed by atoms with van der Waals surface area (Å²) < 4.78 is 5.39. The van der Waals surface area contributed by atoms with Crippen molar-refractivity contribution in [3.05, 3.63) is 72.2 Å². The van der Waals surface area contributed by atoms with Gasteiger partial charge < -0.3 is 30.5 Å². The van der Waals surface area contributed by atoms with Crippen LogP contribution in [-0.2, 0) is 0 Å². The van der Waals surface area contributed by atoms with Crippen molar-refractivity contribution in [2.45, 2.75) is 33.2 Å². The predicted molar refractivity (Wildman–Crippen MR) is 149 cm³/mol. The molecular formula is C29H32N6O3. The number of aromatic hydroxyl groups is 1. The Morgan fingerprint density at radius 2 is 2.03 bits per heavy atom. The number of phenolic OH excluding ortho intramolecular Hbond substituents is 1. The number of carbonyl (C=O) groups excluding carboxylic acids is 1. The van der Waals surface area contributed by atoms with E-state index in [0.29, 0.717) is 39.9 Å². The Bertz CT molecular complexity index is 1520. The molecule has 9 heteroatoms. The molecule has 0 radical (unpaired) electrons. The fourth-order valence-corrected chi connectivity index (χ4v) is 4.07. The molecule has 4 N–H and O–H groups in total. The zero-order valence-electron chi connectivity index (χ0n) is 22.2. The van der Waals surface area contributed by atoms with Crippen LogP contribution in [0.4, 0.5) is 0 Å². The van der Waals surface area contributed by atoms with E-state index in [2.05, 4.69) is 34.1 Å². The zero-order valence-corrected chi connectivity index (χ0v) is 22.2. The first-order valence-corrected chi connectivity index (χ1v) is 12.3. The lowest BCUT2D eigenvalue weighted by molar-refractivity contribution is 0.0949. The van der Waals surface area contributed by atoms with Gasteiger partial charge in [-0.05, 0) is 74.4 Å². The second kappa shape index (κ2) is 11.2. The molecule has 0 fully saturated rings. The van der Waals surface area contributed by atoms with E-state index >= 15 is 0 Å². The lowest BCUT2D eigenvalue weighted by Crippen LogP contribution is -2.38. The number of nitrogens with zero attached hydrogens (tertiary/aromatic N) is 3. The number of phenols is 1. The molecule has 0 aliphatic carbocycles. The number of benzene rings is 2. The Morgan fingerprint density at radius 3 is 2.74 bits per heavy atom. The molecule has 2 heterocycles. The van der Waals surface area contributed by atoms with Gasteiger partial charge in [0.05, 0.1) is 23.7 Å². The normalized spacial score (nSPS) is 12.3. The Balaban J connectivity index is 1.66. The molecule has 2 aromatic carbocycles. The molecule has 0 saturated carbocycles. The van der Waals surface area contributed by atoms with E-state index in [0.717, 1.165) is 23.1 Å². The first-order valence-electron chi connectivity index (χ1n) is 12.3. The van der Waals surface area contributed by atoms with Crippen LogP contribution < -0.4 is 10.1 Å². The summed E-state index contributed by atoms with van der Waals surface area (Å²) in [5.74, 6) is 1.28. The van der Waals surface area contributed by atoms with E-state index in [1.807, 2.05) is 30.1 Å². The molecule has 0 aliphatic heterocycles. The lowest BCUT2D eigenvalue weighted by atomic mass is 10.0. The minimum absolute atomic E-state index is 0.0681. The number of aromatic nitrogens is 3. The number of H-pyrrole nitrogens is 1. The van der Waals surface area contributed by atoms with Gasteiger partial charge in [0.25, 0.3) is 5.91 Å². The Kier molecular flexibility index (Phi) is 7.76. The number of imidazole rings is 1. The second-order valence-corrected chi connectivity index (χ2v) is 9.14. The molecular weight excluding hydrogens is 480 g/mol. The van der Waals surface area contributed by atoms with E-state index in [-0.39, 0.29) is 17.7 Å². The summed E-state index contributed by atoms with van der Waals surface area (Å²) in [6, 6.07) is 14.3. The molecule has 0 spiro atoms. The quantitative estimate of drug-likeness (QED) is 0.224. The van der Waals surface area contributed by atoms with Gasteiger partial charge in [0.1, 0.15) is 17.4 Å². The van der Waals surface area contributed by atoms with Crippen LogP contribution in [0.3, 0.4) is 0 Å². The minimum Gasteiger partial charge on any atom is -0.507 e. The summed E-state index contributed by atoms with van der Waals surface area (Å²) in [6.45, 7) is 5.80. The molecule has 1 unspecified atom stereocenters. The largest absolute Gasteiger partial charge is 0.507 e. The third kappa shape index (κ3) is 5.51. The number of pyridine rings is 1. The molecule has 0 bridgehead atoms. The van der Waals surface area contributed by atoms with Crippen LogP contribution in [-0.4, -0.2) is 56.8 Å². The van der Waals surface area contributed by atoms with Gasteiger partial charge in [-0.3, -0.25) is 4.79 Å². The van der Waals surface area contributed by atoms with Crippen molar-refractivity contribution in [2.24, 2.45) is 0 Å². The Morgan fingerprint density at radius 1 is 1.24 bits per heavy atom. The van der Waals surface area contributed by atoms with Crippen LogP contribution in [0.25, 0.3) is 33.5 Å². The number of methoxy groups -OCH3 is 1. The van der Waals surface area contributed by atoms with Crippen molar-refractivity contribution in [1.29, 1.82) is 5.41 Å². The number of carbonyl (C=O) groups is 1. The van der Waals surface area contributed by atoms with Gasteiger partial charge in [-0.15, -0.1) is 0 Å². The van der Waals surface area contributed by atoms with Crippen molar-refractivity contribution < 1.29 is 14.6 Å². The zero-order chi connectivity index (χ0) is 27.4. The third-order valence-corrected chi connectivity index (χ3v) is 6.50. The highest BCUT2D eigenvalue weighted by Crippen LogP contribution is 2.35. The summed E-state index contributed by atoms with van der Waals surface area (Å²) in [5.41, 5.74) is 4.20. The number of allylic oxidation sites excluding steroid dienone is 1. The number of fused-ring (bicyclic) bond motifs is 1. The number of rotatable bonds is 9. The maximum Gasteiger partial charge on any atom is 0.256 e. The van der Waals surface area contributed by atoms with E-state index in [4.69, 9.17) is 10.1 Å².